The largest absolute Gasteiger partial charge is 0.316 e. The predicted molar refractivity (Wildman–Crippen MR) is 87.9 cm³/mol. The fourth-order valence-electron chi connectivity index (χ4n) is 2.85. The molecule has 3 rings (SSSR count). The standard InChI is InChI=1S/C17H23N3S/c1-12(2)11-18-8-7-16-19-20-17(21-16)15-9-13-5-3-4-6-14(13)10-15/h3-6,12,15,18H,7-11H2,1-2H3. The van der Waals surface area contributed by atoms with E-state index in [1.165, 1.54) is 16.1 Å². The highest BCUT2D eigenvalue weighted by atomic mass is 32.1. The van der Waals surface area contributed by atoms with Crippen molar-refractivity contribution >= 4 is 11.3 Å². The molecular formula is C17H23N3S. The number of benzene rings is 1. The molecule has 3 nitrogen and oxygen atoms in total. The maximum atomic E-state index is 4.44. The Kier molecular flexibility index (Phi) is 4.66. The number of nitrogens with zero attached hydrogens (tertiary/aromatic N) is 2. The minimum absolute atomic E-state index is 0.539. The summed E-state index contributed by atoms with van der Waals surface area (Å²) in [6, 6.07) is 8.75. The van der Waals surface area contributed by atoms with Crippen LogP contribution in [-0.4, -0.2) is 23.3 Å². The number of hydrogen-bond donors (Lipinski definition) is 1. The molecule has 0 saturated carbocycles. The van der Waals surface area contributed by atoms with Gasteiger partial charge in [0, 0.05) is 18.9 Å². The molecule has 0 spiro atoms. The third-order valence-corrected chi connectivity index (χ3v) is 5.10. The van der Waals surface area contributed by atoms with Crippen LogP contribution in [0.15, 0.2) is 24.3 Å². The Balaban J connectivity index is 1.54. The lowest BCUT2D eigenvalue weighted by molar-refractivity contribution is 0.553. The van der Waals surface area contributed by atoms with E-state index in [9.17, 15) is 0 Å². The summed E-state index contributed by atoms with van der Waals surface area (Å²) in [5.41, 5.74) is 2.97. The second-order valence-electron chi connectivity index (χ2n) is 6.26. The minimum atomic E-state index is 0.539. The molecule has 1 heterocycles. The molecule has 0 unspecified atom stereocenters. The van der Waals surface area contributed by atoms with Crippen LogP contribution < -0.4 is 5.32 Å². The van der Waals surface area contributed by atoms with Gasteiger partial charge in [-0.3, -0.25) is 0 Å². The molecule has 0 fully saturated rings. The second kappa shape index (κ2) is 6.67. The molecule has 1 aromatic carbocycles. The molecule has 0 radical (unpaired) electrons. The molecule has 1 aromatic heterocycles. The van der Waals surface area contributed by atoms with Gasteiger partial charge in [-0.1, -0.05) is 38.1 Å². The van der Waals surface area contributed by atoms with Gasteiger partial charge in [-0.15, -0.1) is 21.5 Å². The van der Waals surface area contributed by atoms with Crippen LogP contribution in [0.2, 0.25) is 0 Å². The summed E-state index contributed by atoms with van der Waals surface area (Å²) in [6.07, 6.45) is 3.23. The quantitative estimate of drug-likeness (QED) is 0.833. The summed E-state index contributed by atoms with van der Waals surface area (Å²) >= 11 is 1.80. The first-order valence-corrected chi connectivity index (χ1v) is 8.64. The summed E-state index contributed by atoms with van der Waals surface area (Å²) < 4.78 is 0. The number of nitrogens with one attached hydrogen (secondary N) is 1. The van der Waals surface area contributed by atoms with Crippen molar-refractivity contribution in [2.24, 2.45) is 5.92 Å². The lowest BCUT2D eigenvalue weighted by atomic mass is 10.1. The van der Waals surface area contributed by atoms with Gasteiger partial charge in [0.15, 0.2) is 0 Å². The van der Waals surface area contributed by atoms with E-state index in [1.54, 1.807) is 11.3 Å². The van der Waals surface area contributed by atoms with Crippen LogP contribution in [0.3, 0.4) is 0 Å². The third-order valence-electron chi connectivity index (χ3n) is 3.95. The first-order valence-electron chi connectivity index (χ1n) is 7.82. The van der Waals surface area contributed by atoms with Gasteiger partial charge in [0.1, 0.15) is 10.0 Å². The number of aromatic nitrogens is 2. The van der Waals surface area contributed by atoms with E-state index >= 15 is 0 Å². The van der Waals surface area contributed by atoms with Crippen molar-refractivity contribution < 1.29 is 0 Å². The number of fused-ring (bicyclic) bond motifs is 1. The zero-order valence-corrected chi connectivity index (χ0v) is 13.6. The fourth-order valence-corrected chi connectivity index (χ4v) is 3.79. The summed E-state index contributed by atoms with van der Waals surface area (Å²) in [6.45, 7) is 6.53. The normalized spacial score (nSPS) is 14.8. The van der Waals surface area contributed by atoms with Crippen molar-refractivity contribution in [3.05, 3.63) is 45.4 Å². The lowest BCUT2D eigenvalue weighted by Crippen LogP contribution is -2.22. The first-order chi connectivity index (χ1) is 10.2. The number of rotatable bonds is 6. The van der Waals surface area contributed by atoms with Crippen LogP contribution in [0, 0.1) is 5.92 Å². The Morgan fingerprint density at radius 3 is 2.57 bits per heavy atom. The average molecular weight is 301 g/mol. The Labute approximate surface area is 130 Å². The first kappa shape index (κ1) is 14.7. The van der Waals surface area contributed by atoms with Crippen LogP contribution in [-0.2, 0) is 19.3 Å². The number of hydrogen-bond acceptors (Lipinski definition) is 4. The molecule has 4 heteroatoms. The van der Waals surface area contributed by atoms with Crippen molar-refractivity contribution in [2.75, 3.05) is 13.1 Å². The molecule has 0 saturated heterocycles. The van der Waals surface area contributed by atoms with Crippen LogP contribution in [0.1, 0.15) is 40.9 Å². The Bertz CT molecular complexity index is 566. The molecular weight excluding hydrogens is 278 g/mol. The molecule has 0 amide bonds. The van der Waals surface area contributed by atoms with Crippen LogP contribution in [0.25, 0.3) is 0 Å². The Morgan fingerprint density at radius 1 is 1.19 bits per heavy atom. The molecule has 0 aliphatic heterocycles. The van der Waals surface area contributed by atoms with Crippen molar-refractivity contribution in [1.82, 2.24) is 15.5 Å². The summed E-state index contributed by atoms with van der Waals surface area (Å²) in [7, 11) is 0. The predicted octanol–water partition coefficient (Wildman–Crippen LogP) is 3.21. The SMILES string of the molecule is CC(C)CNCCc1nnc(C2Cc3ccccc3C2)s1. The topological polar surface area (TPSA) is 37.8 Å². The zero-order valence-electron chi connectivity index (χ0n) is 12.8. The van der Waals surface area contributed by atoms with Crippen molar-refractivity contribution in [3.8, 4) is 0 Å². The van der Waals surface area contributed by atoms with Crippen LogP contribution >= 0.6 is 11.3 Å². The third kappa shape index (κ3) is 3.69. The summed E-state index contributed by atoms with van der Waals surface area (Å²) in [5, 5.41) is 14.6. The van der Waals surface area contributed by atoms with Crippen LogP contribution in [0.4, 0.5) is 0 Å². The maximum absolute atomic E-state index is 4.44. The van der Waals surface area contributed by atoms with Gasteiger partial charge in [0.05, 0.1) is 0 Å². The van der Waals surface area contributed by atoms with Gasteiger partial charge in [-0.05, 0) is 36.4 Å². The van der Waals surface area contributed by atoms with Gasteiger partial charge in [-0.25, -0.2) is 0 Å². The van der Waals surface area contributed by atoms with Gasteiger partial charge in [0.25, 0.3) is 0 Å². The summed E-state index contributed by atoms with van der Waals surface area (Å²) in [4.78, 5) is 0. The average Bonchev–Trinajstić information content (AvgIpc) is 3.09. The fraction of sp³-hybridized carbons (Fsp3) is 0.529. The molecule has 0 bridgehead atoms. The van der Waals surface area contributed by atoms with E-state index in [2.05, 4.69) is 53.6 Å². The molecule has 21 heavy (non-hydrogen) atoms. The maximum Gasteiger partial charge on any atom is 0.121 e. The van der Waals surface area contributed by atoms with E-state index < -0.39 is 0 Å². The molecule has 0 atom stereocenters. The highest BCUT2D eigenvalue weighted by molar-refractivity contribution is 7.11. The van der Waals surface area contributed by atoms with E-state index in [-0.39, 0.29) is 0 Å². The second-order valence-corrected chi connectivity index (χ2v) is 7.35. The monoisotopic (exact) mass is 301 g/mol. The highest BCUT2D eigenvalue weighted by Gasteiger charge is 2.25. The zero-order chi connectivity index (χ0) is 14.7. The molecule has 112 valence electrons. The highest BCUT2D eigenvalue weighted by Crippen LogP contribution is 2.34. The van der Waals surface area contributed by atoms with E-state index in [1.807, 2.05) is 0 Å². The van der Waals surface area contributed by atoms with Crippen molar-refractivity contribution in [1.29, 1.82) is 0 Å². The smallest absolute Gasteiger partial charge is 0.121 e. The van der Waals surface area contributed by atoms with Gasteiger partial charge >= 0.3 is 0 Å². The minimum Gasteiger partial charge on any atom is -0.316 e. The van der Waals surface area contributed by atoms with Crippen LogP contribution in [0.5, 0.6) is 0 Å². The Morgan fingerprint density at radius 2 is 1.90 bits per heavy atom. The van der Waals surface area contributed by atoms with Crippen molar-refractivity contribution in [3.63, 3.8) is 0 Å². The van der Waals surface area contributed by atoms with Gasteiger partial charge in [-0.2, -0.15) is 0 Å². The van der Waals surface area contributed by atoms with E-state index in [0.717, 1.165) is 37.4 Å². The van der Waals surface area contributed by atoms with E-state index in [0.29, 0.717) is 11.8 Å². The molecule has 1 aliphatic rings. The lowest BCUT2D eigenvalue weighted by Gasteiger charge is -2.05. The Hall–Kier alpha value is -1.26. The van der Waals surface area contributed by atoms with Gasteiger partial charge in [0.2, 0.25) is 0 Å². The van der Waals surface area contributed by atoms with Gasteiger partial charge < -0.3 is 5.32 Å². The molecule has 2 aromatic rings. The molecule has 1 N–H and O–H groups in total. The summed E-state index contributed by atoms with van der Waals surface area (Å²) in [5.74, 6) is 1.24. The van der Waals surface area contributed by atoms with E-state index in [4.69, 9.17) is 0 Å². The molecule has 1 aliphatic carbocycles. The van der Waals surface area contributed by atoms with Crippen molar-refractivity contribution in [2.45, 2.75) is 39.0 Å².